The number of aryl methyl sites for hydroxylation is 1. The monoisotopic (exact) mass is 477 g/mol. The molecule has 0 saturated heterocycles. The van der Waals surface area contributed by atoms with E-state index in [1.807, 2.05) is 26.0 Å². The number of hydrogen-bond donors (Lipinski definition) is 2. The van der Waals surface area contributed by atoms with Gasteiger partial charge in [-0.1, -0.05) is 12.1 Å². The molecule has 1 aromatic carbocycles. The summed E-state index contributed by atoms with van der Waals surface area (Å²) in [5.41, 5.74) is 1.91. The lowest BCUT2D eigenvalue weighted by Gasteiger charge is -2.20. The predicted octanol–water partition coefficient (Wildman–Crippen LogP) is 4.58. The maximum Gasteiger partial charge on any atom is 0.191 e. The topological polar surface area (TPSA) is 45.7 Å². The van der Waals surface area contributed by atoms with Gasteiger partial charge in [0.25, 0.3) is 0 Å². The number of nitrogens with zero attached hydrogens (tertiary/aromatic N) is 1. The highest BCUT2D eigenvalue weighted by Crippen LogP contribution is 2.49. The first-order chi connectivity index (χ1) is 12.0. The van der Waals surface area contributed by atoms with Crippen molar-refractivity contribution in [3.63, 3.8) is 0 Å². The van der Waals surface area contributed by atoms with E-state index >= 15 is 0 Å². The fraction of sp³-hybridized carbons (Fsp3) is 0.650. The zero-order chi connectivity index (χ0) is 18.3. The zero-order valence-corrected chi connectivity index (χ0v) is 18.7. The SMILES string of the molecule is CCNC(=NCC1(CCOCC)CC1)NC(C)c1ccc(C)c(F)c1.I. The molecule has 1 aromatic rings. The van der Waals surface area contributed by atoms with Crippen LogP contribution in [-0.4, -0.2) is 32.3 Å². The average molecular weight is 477 g/mol. The molecule has 4 nitrogen and oxygen atoms in total. The Morgan fingerprint density at radius 1 is 1.35 bits per heavy atom. The Hall–Kier alpha value is -0.890. The molecule has 1 atom stereocenters. The van der Waals surface area contributed by atoms with Gasteiger partial charge in [-0.15, -0.1) is 24.0 Å². The molecule has 0 aromatic heterocycles. The Labute approximate surface area is 174 Å². The van der Waals surface area contributed by atoms with Gasteiger partial charge in [0.05, 0.1) is 6.04 Å². The highest BCUT2D eigenvalue weighted by Gasteiger charge is 2.41. The summed E-state index contributed by atoms with van der Waals surface area (Å²) in [6.45, 7) is 11.1. The third-order valence-electron chi connectivity index (χ3n) is 4.90. The van der Waals surface area contributed by atoms with Crippen molar-refractivity contribution >= 4 is 29.9 Å². The van der Waals surface area contributed by atoms with E-state index in [1.165, 1.54) is 12.8 Å². The summed E-state index contributed by atoms with van der Waals surface area (Å²) in [7, 11) is 0. The maximum atomic E-state index is 13.8. The van der Waals surface area contributed by atoms with E-state index in [0.717, 1.165) is 44.2 Å². The third-order valence-corrected chi connectivity index (χ3v) is 4.90. The summed E-state index contributed by atoms with van der Waals surface area (Å²) in [4.78, 5) is 4.78. The van der Waals surface area contributed by atoms with Crippen LogP contribution in [0, 0.1) is 18.2 Å². The third kappa shape index (κ3) is 7.02. The molecule has 2 rings (SSSR count). The van der Waals surface area contributed by atoms with E-state index in [4.69, 9.17) is 9.73 Å². The lowest BCUT2D eigenvalue weighted by molar-refractivity contribution is 0.129. The molecule has 0 radical (unpaired) electrons. The molecule has 0 bridgehead atoms. The average Bonchev–Trinajstić information content (AvgIpc) is 3.36. The predicted molar refractivity (Wildman–Crippen MR) is 117 cm³/mol. The standard InChI is InChI=1S/C20H32FN3O.HI/c1-5-22-19(23-14-20(9-10-20)11-12-25-6-2)24-16(4)17-8-7-15(3)18(21)13-17;/h7-8,13,16H,5-6,9-12,14H2,1-4H3,(H2,22,23,24);1H. The van der Waals surface area contributed by atoms with Crippen LogP contribution in [0.1, 0.15) is 57.2 Å². The van der Waals surface area contributed by atoms with Crippen LogP contribution >= 0.6 is 24.0 Å². The second kappa shape index (κ2) is 11.1. The normalized spacial score (nSPS) is 16.6. The minimum absolute atomic E-state index is 0. The smallest absolute Gasteiger partial charge is 0.191 e. The molecule has 26 heavy (non-hydrogen) atoms. The lowest BCUT2D eigenvalue weighted by atomic mass is 10.0. The largest absolute Gasteiger partial charge is 0.382 e. The van der Waals surface area contributed by atoms with Crippen LogP contribution in [0.5, 0.6) is 0 Å². The fourth-order valence-electron chi connectivity index (χ4n) is 2.83. The Bertz CT molecular complexity index is 590. The molecule has 0 aliphatic heterocycles. The highest BCUT2D eigenvalue weighted by atomic mass is 127. The molecule has 0 amide bonds. The van der Waals surface area contributed by atoms with Crippen LogP contribution < -0.4 is 10.6 Å². The maximum absolute atomic E-state index is 13.8. The minimum atomic E-state index is -0.166. The first-order valence-corrected chi connectivity index (χ1v) is 9.38. The van der Waals surface area contributed by atoms with Crippen molar-refractivity contribution in [3.05, 3.63) is 35.1 Å². The van der Waals surface area contributed by atoms with Gasteiger partial charge in [-0.2, -0.15) is 0 Å². The Morgan fingerprint density at radius 3 is 2.65 bits per heavy atom. The van der Waals surface area contributed by atoms with Crippen molar-refractivity contribution in [2.45, 2.75) is 53.0 Å². The van der Waals surface area contributed by atoms with Crippen molar-refractivity contribution in [1.82, 2.24) is 10.6 Å². The Kier molecular flexibility index (Phi) is 9.85. The minimum Gasteiger partial charge on any atom is -0.382 e. The van der Waals surface area contributed by atoms with Crippen molar-refractivity contribution in [1.29, 1.82) is 0 Å². The van der Waals surface area contributed by atoms with Gasteiger partial charge >= 0.3 is 0 Å². The quantitative estimate of drug-likeness (QED) is 0.237. The Balaban J connectivity index is 0.00000338. The summed E-state index contributed by atoms with van der Waals surface area (Å²) in [6, 6.07) is 5.37. The number of aliphatic imine (C=N–C) groups is 1. The molecule has 2 N–H and O–H groups in total. The Morgan fingerprint density at radius 2 is 2.08 bits per heavy atom. The molecule has 1 fully saturated rings. The van der Waals surface area contributed by atoms with E-state index < -0.39 is 0 Å². The van der Waals surface area contributed by atoms with Gasteiger partial charge < -0.3 is 15.4 Å². The lowest BCUT2D eigenvalue weighted by Crippen LogP contribution is -2.39. The second-order valence-electron chi connectivity index (χ2n) is 7.02. The highest BCUT2D eigenvalue weighted by molar-refractivity contribution is 14.0. The van der Waals surface area contributed by atoms with Crippen molar-refractivity contribution in [2.75, 3.05) is 26.3 Å². The van der Waals surface area contributed by atoms with Gasteiger partial charge in [-0.3, -0.25) is 4.99 Å². The van der Waals surface area contributed by atoms with Gasteiger partial charge in [0, 0.05) is 26.3 Å². The summed E-state index contributed by atoms with van der Waals surface area (Å²) >= 11 is 0. The van der Waals surface area contributed by atoms with E-state index in [0.29, 0.717) is 11.0 Å². The first kappa shape index (κ1) is 23.1. The number of ether oxygens (including phenoxy) is 1. The summed E-state index contributed by atoms with van der Waals surface area (Å²) in [5.74, 6) is 0.625. The molecule has 0 heterocycles. The van der Waals surface area contributed by atoms with Gasteiger partial charge in [0.1, 0.15) is 5.82 Å². The van der Waals surface area contributed by atoms with Crippen LogP contribution in [0.4, 0.5) is 4.39 Å². The van der Waals surface area contributed by atoms with E-state index in [-0.39, 0.29) is 35.8 Å². The van der Waals surface area contributed by atoms with Crippen LogP contribution in [-0.2, 0) is 4.74 Å². The summed E-state index contributed by atoms with van der Waals surface area (Å²) < 4.78 is 19.3. The number of hydrogen-bond acceptors (Lipinski definition) is 2. The second-order valence-corrected chi connectivity index (χ2v) is 7.02. The van der Waals surface area contributed by atoms with E-state index in [1.54, 1.807) is 13.0 Å². The van der Waals surface area contributed by atoms with Crippen molar-refractivity contribution in [3.8, 4) is 0 Å². The van der Waals surface area contributed by atoms with Crippen molar-refractivity contribution < 1.29 is 9.13 Å². The number of rotatable bonds is 9. The molecule has 1 aliphatic rings. The van der Waals surface area contributed by atoms with E-state index in [9.17, 15) is 4.39 Å². The van der Waals surface area contributed by atoms with Crippen LogP contribution in [0.2, 0.25) is 0 Å². The molecule has 0 spiro atoms. The zero-order valence-electron chi connectivity index (χ0n) is 16.4. The number of halogens is 2. The van der Waals surface area contributed by atoms with Crippen LogP contribution in [0.3, 0.4) is 0 Å². The van der Waals surface area contributed by atoms with Gasteiger partial charge in [-0.05, 0) is 69.6 Å². The molecule has 1 unspecified atom stereocenters. The number of nitrogens with one attached hydrogen (secondary N) is 2. The van der Waals surface area contributed by atoms with E-state index in [2.05, 4.69) is 17.6 Å². The number of benzene rings is 1. The first-order valence-electron chi connectivity index (χ1n) is 9.38. The molecule has 1 aliphatic carbocycles. The molecule has 1 saturated carbocycles. The molecule has 148 valence electrons. The summed E-state index contributed by atoms with van der Waals surface area (Å²) in [6.07, 6.45) is 3.52. The van der Waals surface area contributed by atoms with Gasteiger partial charge in [-0.25, -0.2) is 4.39 Å². The van der Waals surface area contributed by atoms with Gasteiger partial charge in [0.15, 0.2) is 5.96 Å². The molecule has 6 heteroatoms. The van der Waals surface area contributed by atoms with Crippen LogP contribution in [0.15, 0.2) is 23.2 Å². The fourth-order valence-corrected chi connectivity index (χ4v) is 2.83. The number of guanidine groups is 1. The van der Waals surface area contributed by atoms with Gasteiger partial charge in [0.2, 0.25) is 0 Å². The molecular formula is C20H33FIN3O. The molecular weight excluding hydrogens is 444 g/mol. The summed E-state index contributed by atoms with van der Waals surface area (Å²) in [5, 5.41) is 6.68. The van der Waals surface area contributed by atoms with Crippen LogP contribution in [0.25, 0.3) is 0 Å². The van der Waals surface area contributed by atoms with Crippen molar-refractivity contribution in [2.24, 2.45) is 10.4 Å².